The van der Waals surface area contributed by atoms with E-state index in [-0.39, 0.29) is 35.3 Å². The van der Waals surface area contributed by atoms with Gasteiger partial charge in [0, 0.05) is 0 Å². The molecule has 5 heteroatoms. The minimum atomic E-state index is -0.557. The lowest BCUT2D eigenvalue weighted by Crippen LogP contribution is -2.46. The second-order valence-electron chi connectivity index (χ2n) is 10.7. The molecule has 4 rings (SSSR count). The summed E-state index contributed by atoms with van der Waals surface area (Å²) < 4.78 is 18.8. The average molecular weight is 435 g/mol. The van der Waals surface area contributed by atoms with Gasteiger partial charge in [0.05, 0.1) is 24.0 Å². The van der Waals surface area contributed by atoms with Gasteiger partial charge in [-0.25, -0.2) is 0 Å². The van der Waals surface area contributed by atoms with Crippen molar-refractivity contribution in [2.24, 2.45) is 23.7 Å². The van der Waals surface area contributed by atoms with E-state index in [0.717, 1.165) is 51.4 Å². The fraction of sp³-hybridized carbons (Fsp3) is 0.923. The first-order chi connectivity index (χ1) is 14.9. The molecule has 0 aromatic carbocycles. The predicted octanol–water partition coefficient (Wildman–Crippen LogP) is 5.58. The molecule has 4 fully saturated rings. The van der Waals surface area contributed by atoms with Crippen molar-refractivity contribution < 1.29 is 23.8 Å². The van der Waals surface area contributed by atoms with Crippen LogP contribution >= 0.6 is 0 Å². The van der Waals surface area contributed by atoms with Crippen LogP contribution in [-0.4, -0.2) is 35.3 Å². The molecule has 4 aliphatic rings. The molecular weight excluding hydrogens is 392 g/mol. The van der Waals surface area contributed by atoms with Gasteiger partial charge in [-0.15, -0.1) is 0 Å². The topological polar surface area (TPSA) is 61.8 Å². The van der Waals surface area contributed by atoms with E-state index in [0.29, 0.717) is 24.7 Å². The Bertz CT molecular complexity index is 669. The number of esters is 2. The third-order valence-electron chi connectivity index (χ3n) is 9.18. The third kappa shape index (κ3) is 4.05. The molecule has 31 heavy (non-hydrogen) atoms. The second kappa shape index (κ2) is 9.03. The van der Waals surface area contributed by atoms with Crippen LogP contribution < -0.4 is 0 Å². The van der Waals surface area contributed by atoms with Gasteiger partial charge in [-0.3, -0.25) is 9.59 Å². The molecule has 5 nitrogen and oxygen atoms in total. The molecule has 3 aliphatic carbocycles. The molecule has 176 valence electrons. The lowest BCUT2D eigenvalue weighted by atomic mass is 9.81. The molecule has 0 aromatic rings. The number of ether oxygens (including phenoxy) is 3. The molecule has 3 saturated carbocycles. The van der Waals surface area contributed by atoms with Crippen LogP contribution in [0.15, 0.2) is 0 Å². The van der Waals surface area contributed by atoms with E-state index in [1.54, 1.807) is 0 Å². The quantitative estimate of drug-likeness (QED) is 0.466. The van der Waals surface area contributed by atoms with Crippen LogP contribution in [0.5, 0.6) is 0 Å². The molecule has 7 atom stereocenters. The summed E-state index contributed by atoms with van der Waals surface area (Å²) in [6, 6.07) is 0. The predicted molar refractivity (Wildman–Crippen MR) is 118 cm³/mol. The van der Waals surface area contributed by atoms with Gasteiger partial charge < -0.3 is 14.2 Å². The molecule has 7 unspecified atom stereocenters. The zero-order chi connectivity index (χ0) is 22.2. The fourth-order valence-corrected chi connectivity index (χ4v) is 7.27. The van der Waals surface area contributed by atoms with E-state index in [1.807, 2.05) is 13.8 Å². The van der Waals surface area contributed by atoms with Gasteiger partial charge >= 0.3 is 11.9 Å². The monoisotopic (exact) mass is 434 g/mol. The fourth-order valence-electron chi connectivity index (χ4n) is 7.27. The number of hydrogen-bond acceptors (Lipinski definition) is 5. The molecule has 0 aromatic heterocycles. The van der Waals surface area contributed by atoms with Crippen LogP contribution in [0.2, 0.25) is 0 Å². The first kappa shape index (κ1) is 23.1. The van der Waals surface area contributed by atoms with Crippen LogP contribution in [0.25, 0.3) is 0 Å². The summed E-state index contributed by atoms with van der Waals surface area (Å²) >= 11 is 0. The van der Waals surface area contributed by atoms with Crippen molar-refractivity contribution in [2.75, 3.05) is 0 Å². The molecule has 1 aliphatic heterocycles. The molecule has 0 radical (unpaired) electrons. The number of rotatable bonds is 8. The lowest BCUT2D eigenvalue weighted by molar-refractivity contribution is -0.181. The van der Waals surface area contributed by atoms with E-state index >= 15 is 0 Å². The van der Waals surface area contributed by atoms with Crippen molar-refractivity contribution >= 4 is 11.9 Å². The normalized spacial score (nSPS) is 40.9. The number of hydrogen-bond donors (Lipinski definition) is 0. The molecule has 2 bridgehead atoms. The van der Waals surface area contributed by atoms with Crippen LogP contribution in [0.3, 0.4) is 0 Å². The highest BCUT2D eigenvalue weighted by Crippen LogP contribution is 2.55. The van der Waals surface area contributed by atoms with Crippen molar-refractivity contribution in [3.63, 3.8) is 0 Å². The summed E-state index contributed by atoms with van der Waals surface area (Å²) in [7, 11) is 0. The molecule has 0 spiro atoms. The summed E-state index contributed by atoms with van der Waals surface area (Å²) in [4.78, 5) is 27.2. The van der Waals surface area contributed by atoms with Crippen LogP contribution in [0, 0.1) is 23.7 Å². The molecule has 0 N–H and O–H groups in total. The summed E-state index contributed by atoms with van der Waals surface area (Å²) in [6.07, 6.45) is 11.2. The van der Waals surface area contributed by atoms with Gasteiger partial charge in [0.2, 0.25) is 0 Å². The molecule has 1 saturated heterocycles. The van der Waals surface area contributed by atoms with E-state index in [9.17, 15) is 9.59 Å². The molecule has 0 amide bonds. The number of carbonyl (C=O) groups excluding carboxylic acids is 2. The third-order valence-corrected chi connectivity index (χ3v) is 9.18. The summed E-state index contributed by atoms with van der Waals surface area (Å²) in [5.74, 6) is -0.416. The Morgan fingerprint density at radius 1 is 0.871 bits per heavy atom. The Morgan fingerprint density at radius 2 is 1.48 bits per heavy atom. The standard InChI is InChI=1S/C26H42O5/c1-5-19-21(23(27)30-25(7-3)13-9-10-14-25)22(20(6-2)29-19)24(28)31-26(8-4)16-17-11-12-18(26)15-17/h17-22H,5-16H2,1-4H3. The number of fused-ring (bicyclic) bond motifs is 2. The Labute approximate surface area is 188 Å². The zero-order valence-electron chi connectivity index (χ0n) is 20.0. The largest absolute Gasteiger partial charge is 0.459 e. The Kier molecular flexibility index (Phi) is 6.72. The van der Waals surface area contributed by atoms with Gasteiger partial charge in [-0.2, -0.15) is 0 Å². The van der Waals surface area contributed by atoms with Gasteiger partial charge in [0.25, 0.3) is 0 Å². The van der Waals surface area contributed by atoms with Crippen molar-refractivity contribution in [1.29, 1.82) is 0 Å². The first-order valence-electron chi connectivity index (χ1n) is 13.0. The highest BCUT2D eigenvalue weighted by Gasteiger charge is 2.57. The van der Waals surface area contributed by atoms with Gasteiger partial charge in [0.1, 0.15) is 11.2 Å². The SMILES string of the molecule is CCC1OC(CC)C(C(=O)OC2(CC)CC3CCC2C3)C1C(=O)OC1(CC)CCCC1. The Hall–Kier alpha value is -1.10. The Balaban J connectivity index is 1.55. The smallest absolute Gasteiger partial charge is 0.313 e. The average Bonchev–Trinajstić information content (AvgIpc) is 3.55. The van der Waals surface area contributed by atoms with E-state index in [4.69, 9.17) is 14.2 Å². The Morgan fingerprint density at radius 3 is 1.94 bits per heavy atom. The lowest BCUT2D eigenvalue weighted by Gasteiger charge is -2.38. The minimum absolute atomic E-state index is 0.226. The van der Waals surface area contributed by atoms with Crippen LogP contribution in [-0.2, 0) is 23.8 Å². The summed E-state index contributed by atoms with van der Waals surface area (Å²) in [5, 5.41) is 0. The van der Waals surface area contributed by atoms with E-state index in [1.165, 1.54) is 12.8 Å². The maximum Gasteiger partial charge on any atom is 0.313 e. The molecule has 1 heterocycles. The van der Waals surface area contributed by atoms with Crippen molar-refractivity contribution in [1.82, 2.24) is 0 Å². The molecular formula is C26H42O5. The maximum atomic E-state index is 13.7. The van der Waals surface area contributed by atoms with Gasteiger partial charge in [0.15, 0.2) is 0 Å². The van der Waals surface area contributed by atoms with Crippen molar-refractivity contribution in [2.45, 2.75) is 128 Å². The van der Waals surface area contributed by atoms with Crippen molar-refractivity contribution in [3.8, 4) is 0 Å². The minimum Gasteiger partial charge on any atom is -0.459 e. The zero-order valence-corrected chi connectivity index (χ0v) is 20.0. The first-order valence-corrected chi connectivity index (χ1v) is 13.0. The van der Waals surface area contributed by atoms with Gasteiger partial charge in [-0.05, 0) is 88.9 Å². The van der Waals surface area contributed by atoms with E-state index < -0.39 is 11.8 Å². The highest BCUT2D eigenvalue weighted by molar-refractivity contribution is 5.84. The summed E-state index contributed by atoms with van der Waals surface area (Å²) in [6.45, 7) is 8.30. The van der Waals surface area contributed by atoms with Crippen LogP contribution in [0.1, 0.15) is 105 Å². The summed E-state index contributed by atoms with van der Waals surface area (Å²) in [5.41, 5.74) is -0.698. The highest BCUT2D eigenvalue weighted by atomic mass is 16.6. The van der Waals surface area contributed by atoms with Crippen molar-refractivity contribution in [3.05, 3.63) is 0 Å². The second-order valence-corrected chi connectivity index (χ2v) is 10.7. The maximum absolute atomic E-state index is 13.7. The van der Waals surface area contributed by atoms with E-state index in [2.05, 4.69) is 13.8 Å². The van der Waals surface area contributed by atoms with Gasteiger partial charge in [-0.1, -0.05) is 27.7 Å². The van der Waals surface area contributed by atoms with Crippen LogP contribution in [0.4, 0.5) is 0 Å². The number of carbonyl (C=O) groups is 2.